The number of hydrogen-bond acceptors (Lipinski definition) is 3. The first-order valence-corrected chi connectivity index (χ1v) is 11.1. The first-order valence-electron chi connectivity index (χ1n) is 11.1. The van der Waals surface area contributed by atoms with Crippen molar-refractivity contribution in [3.05, 3.63) is 60.4 Å². The van der Waals surface area contributed by atoms with Gasteiger partial charge in [-0.3, -0.25) is 4.79 Å². The van der Waals surface area contributed by atoms with E-state index in [9.17, 15) is 4.79 Å². The maximum absolute atomic E-state index is 12.3. The fraction of sp³-hybridized carbons (Fsp3) is 0.440. The standard InChI is InChI=1S/C25H33N3O2/c1-3-20(4-2)25(29)26-17-16-24-27-22-14-8-9-15-23(22)28(24)18-10-11-19-30-21-12-6-5-7-13-21/h5-9,12-15,20H,3-4,10-11,16-19H2,1-2H3,(H,26,29). The normalized spacial score (nSPS) is 11.2. The Morgan fingerprint density at radius 2 is 1.77 bits per heavy atom. The molecule has 0 unspecified atom stereocenters. The van der Waals surface area contributed by atoms with E-state index in [0.717, 1.165) is 61.3 Å². The largest absolute Gasteiger partial charge is 0.494 e. The van der Waals surface area contributed by atoms with Crippen LogP contribution in [-0.2, 0) is 17.8 Å². The predicted octanol–water partition coefficient (Wildman–Crippen LogP) is 4.99. The molecule has 30 heavy (non-hydrogen) atoms. The fourth-order valence-electron chi connectivity index (χ4n) is 3.75. The van der Waals surface area contributed by atoms with E-state index in [1.165, 1.54) is 0 Å². The molecule has 2 aromatic carbocycles. The SMILES string of the molecule is CCC(CC)C(=O)NCCc1nc2ccccc2n1CCCCOc1ccccc1. The van der Waals surface area contributed by atoms with Crippen LogP contribution in [-0.4, -0.2) is 28.6 Å². The van der Waals surface area contributed by atoms with Gasteiger partial charge in [0.2, 0.25) is 5.91 Å². The third kappa shape index (κ3) is 5.85. The molecule has 3 aromatic rings. The highest BCUT2D eigenvalue weighted by atomic mass is 16.5. The Morgan fingerprint density at radius 1 is 1.03 bits per heavy atom. The van der Waals surface area contributed by atoms with Gasteiger partial charge in [0.05, 0.1) is 17.6 Å². The fourth-order valence-corrected chi connectivity index (χ4v) is 3.75. The number of ether oxygens (including phenoxy) is 1. The Bertz CT molecular complexity index is 917. The van der Waals surface area contributed by atoms with Crippen molar-refractivity contribution in [2.75, 3.05) is 13.2 Å². The molecule has 0 atom stereocenters. The van der Waals surface area contributed by atoms with E-state index in [-0.39, 0.29) is 11.8 Å². The average Bonchev–Trinajstić information content (AvgIpc) is 3.12. The molecule has 5 nitrogen and oxygen atoms in total. The molecular formula is C25H33N3O2. The predicted molar refractivity (Wildman–Crippen MR) is 122 cm³/mol. The average molecular weight is 408 g/mol. The highest BCUT2D eigenvalue weighted by Gasteiger charge is 2.15. The number of carbonyl (C=O) groups excluding carboxylic acids is 1. The molecule has 0 radical (unpaired) electrons. The number of nitrogens with one attached hydrogen (secondary N) is 1. The zero-order valence-corrected chi connectivity index (χ0v) is 18.1. The molecule has 1 aromatic heterocycles. The van der Waals surface area contributed by atoms with E-state index in [0.29, 0.717) is 13.2 Å². The zero-order chi connectivity index (χ0) is 21.2. The molecule has 160 valence electrons. The summed E-state index contributed by atoms with van der Waals surface area (Å²) in [6, 6.07) is 18.2. The summed E-state index contributed by atoms with van der Waals surface area (Å²) in [5.74, 6) is 2.21. The number of unbranched alkanes of at least 4 members (excludes halogenated alkanes) is 1. The van der Waals surface area contributed by atoms with Crippen molar-refractivity contribution in [3.63, 3.8) is 0 Å². The van der Waals surface area contributed by atoms with Gasteiger partial charge >= 0.3 is 0 Å². The number of imidazole rings is 1. The van der Waals surface area contributed by atoms with Crippen LogP contribution in [0.1, 0.15) is 45.4 Å². The molecule has 0 spiro atoms. The van der Waals surface area contributed by atoms with Crippen LogP contribution < -0.4 is 10.1 Å². The lowest BCUT2D eigenvalue weighted by atomic mass is 10.0. The molecule has 0 saturated carbocycles. The second kappa shape index (κ2) is 11.4. The molecular weight excluding hydrogens is 374 g/mol. The summed E-state index contributed by atoms with van der Waals surface area (Å²) in [6.45, 7) is 6.35. The Kier molecular flexibility index (Phi) is 8.30. The monoisotopic (exact) mass is 407 g/mol. The molecule has 0 fully saturated rings. The summed E-state index contributed by atoms with van der Waals surface area (Å²) in [5, 5.41) is 3.09. The summed E-state index contributed by atoms with van der Waals surface area (Å²) < 4.78 is 8.10. The Balaban J connectivity index is 1.55. The van der Waals surface area contributed by atoms with Crippen molar-refractivity contribution in [3.8, 4) is 5.75 Å². The summed E-state index contributed by atoms with van der Waals surface area (Å²) in [4.78, 5) is 17.1. The molecule has 0 aliphatic rings. The Hall–Kier alpha value is -2.82. The smallest absolute Gasteiger partial charge is 0.223 e. The number of benzene rings is 2. The van der Waals surface area contributed by atoms with Crippen molar-refractivity contribution < 1.29 is 9.53 Å². The highest BCUT2D eigenvalue weighted by molar-refractivity contribution is 5.78. The second-order valence-electron chi connectivity index (χ2n) is 7.59. The van der Waals surface area contributed by atoms with E-state index < -0.39 is 0 Å². The quantitative estimate of drug-likeness (QED) is 0.430. The number of aryl methyl sites for hydroxylation is 1. The number of hydrogen-bond donors (Lipinski definition) is 1. The van der Waals surface area contributed by atoms with Gasteiger partial charge in [-0.25, -0.2) is 4.98 Å². The van der Waals surface area contributed by atoms with Crippen LogP contribution >= 0.6 is 0 Å². The van der Waals surface area contributed by atoms with Gasteiger partial charge < -0.3 is 14.6 Å². The molecule has 0 aliphatic heterocycles. The molecule has 0 aliphatic carbocycles. The van der Waals surface area contributed by atoms with E-state index in [2.05, 4.69) is 41.9 Å². The number of aromatic nitrogens is 2. The van der Waals surface area contributed by atoms with Crippen molar-refractivity contribution in [2.24, 2.45) is 5.92 Å². The molecule has 5 heteroatoms. The lowest BCUT2D eigenvalue weighted by Gasteiger charge is -2.13. The minimum Gasteiger partial charge on any atom is -0.494 e. The number of para-hydroxylation sites is 3. The summed E-state index contributed by atoms with van der Waals surface area (Å²) in [6.07, 6.45) is 4.49. The van der Waals surface area contributed by atoms with E-state index in [1.54, 1.807) is 0 Å². The van der Waals surface area contributed by atoms with Crippen LogP contribution in [0.3, 0.4) is 0 Å². The van der Waals surface area contributed by atoms with Crippen LogP contribution in [0.15, 0.2) is 54.6 Å². The zero-order valence-electron chi connectivity index (χ0n) is 18.1. The summed E-state index contributed by atoms with van der Waals surface area (Å²) in [7, 11) is 0. The second-order valence-corrected chi connectivity index (χ2v) is 7.59. The molecule has 3 rings (SSSR count). The van der Waals surface area contributed by atoms with Crippen LogP contribution in [0.4, 0.5) is 0 Å². The van der Waals surface area contributed by atoms with Gasteiger partial charge in [0, 0.05) is 25.4 Å². The molecule has 1 amide bonds. The Morgan fingerprint density at radius 3 is 2.53 bits per heavy atom. The molecule has 1 N–H and O–H groups in total. The van der Waals surface area contributed by atoms with E-state index in [1.807, 2.05) is 36.4 Å². The van der Waals surface area contributed by atoms with E-state index >= 15 is 0 Å². The minimum absolute atomic E-state index is 0.105. The maximum Gasteiger partial charge on any atom is 0.223 e. The van der Waals surface area contributed by atoms with Gasteiger partial charge in [-0.1, -0.05) is 44.2 Å². The lowest BCUT2D eigenvalue weighted by Crippen LogP contribution is -2.32. The van der Waals surface area contributed by atoms with Gasteiger partial charge in [0.15, 0.2) is 0 Å². The van der Waals surface area contributed by atoms with Crippen LogP contribution in [0.25, 0.3) is 11.0 Å². The number of carbonyl (C=O) groups is 1. The molecule has 0 saturated heterocycles. The van der Waals surface area contributed by atoms with Crippen molar-refractivity contribution in [1.82, 2.24) is 14.9 Å². The number of amides is 1. The number of rotatable bonds is 12. The first-order chi connectivity index (χ1) is 14.7. The molecule has 1 heterocycles. The van der Waals surface area contributed by atoms with Crippen molar-refractivity contribution in [2.45, 2.75) is 52.5 Å². The van der Waals surface area contributed by atoms with Crippen molar-refractivity contribution in [1.29, 1.82) is 0 Å². The lowest BCUT2D eigenvalue weighted by molar-refractivity contribution is -0.125. The third-order valence-electron chi connectivity index (χ3n) is 5.53. The minimum atomic E-state index is 0.105. The van der Waals surface area contributed by atoms with Gasteiger partial charge in [0.25, 0.3) is 0 Å². The van der Waals surface area contributed by atoms with Crippen LogP contribution in [0.2, 0.25) is 0 Å². The van der Waals surface area contributed by atoms with Crippen LogP contribution in [0, 0.1) is 5.92 Å². The molecule has 0 bridgehead atoms. The maximum atomic E-state index is 12.3. The van der Waals surface area contributed by atoms with E-state index in [4.69, 9.17) is 9.72 Å². The third-order valence-corrected chi connectivity index (χ3v) is 5.53. The van der Waals surface area contributed by atoms with Gasteiger partial charge in [-0.05, 0) is 49.9 Å². The number of nitrogens with zero attached hydrogens (tertiary/aromatic N) is 2. The summed E-state index contributed by atoms with van der Waals surface area (Å²) >= 11 is 0. The Labute approximate surface area is 179 Å². The van der Waals surface area contributed by atoms with Gasteiger partial charge in [-0.2, -0.15) is 0 Å². The van der Waals surface area contributed by atoms with Crippen LogP contribution in [0.5, 0.6) is 5.75 Å². The van der Waals surface area contributed by atoms with Crippen molar-refractivity contribution >= 4 is 16.9 Å². The van der Waals surface area contributed by atoms with Gasteiger partial charge in [0.1, 0.15) is 11.6 Å². The topological polar surface area (TPSA) is 56.2 Å². The first kappa shape index (κ1) is 21.9. The summed E-state index contributed by atoms with van der Waals surface area (Å²) in [5.41, 5.74) is 2.17. The highest BCUT2D eigenvalue weighted by Crippen LogP contribution is 2.18. The number of fused-ring (bicyclic) bond motifs is 1. The van der Waals surface area contributed by atoms with Gasteiger partial charge in [-0.15, -0.1) is 0 Å².